The number of carbonyl (C=O) groups is 1. The van der Waals surface area contributed by atoms with Crippen molar-refractivity contribution in [1.29, 1.82) is 0 Å². The maximum Gasteiger partial charge on any atom is 0.172 e. The lowest BCUT2D eigenvalue weighted by molar-refractivity contribution is -0.116. The van der Waals surface area contributed by atoms with E-state index in [2.05, 4.69) is 5.32 Å². The number of carbonyl (C=O) groups excluding carboxylic acids is 1. The molecule has 0 bridgehead atoms. The van der Waals surface area contributed by atoms with Gasteiger partial charge in [-0.05, 0) is 32.4 Å². The second-order valence-electron chi connectivity index (χ2n) is 2.55. The van der Waals surface area contributed by atoms with Gasteiger partial charge < -0.3 is 5.32 Å². The third kappa shape index (κ3) is 1.67. The van der Waals surface area contributed by atoms with Crippen molar-refractivity contribution in [2.75, 3.05) is 6.54 Å². The van der Waals surface area contributed by atoms with Gasteiger partial charge in [0.15, 0.2) is 5.78 Å². The second-order valence-corrected chi connectivity index (χ2v) is 2.55. The van der Waals surface area contributed by atoms with Gasteiger partial charge in [0.25, 0.3) is 0 Å². The maximum absolute atomic E-state index is 11.1. The lowest BCUT2D eigenvalue weighted by Gasteiger charge is -2.02. The number of allylic oxidation sites excluding steroid dienone is 1. The SMILES string of the molecule is CC=CC(=O)C1CCCN1. The Kier molecular flexibility index (Phi) is 2.63. The summed E-state index contributed by atoms with van der Waals surface area (Å²) in [6.07, 6.45) is 5.57. The van der Waals surface area contributed by atoms with Crippen LogP contribution in [0.25, 0.3) is 0 Å². The predicted octanol–water partition coefficient (Wildman–Crippen LogP) is 0.884. The summed E-state index contributed by atoms with van der Waals surface area (Å²) in [5.41, 5.74) is 0. The summed E-state index contributed by atoms with van der Waals surface area (Å²) in [6.45, 7) is 2.86. The van der Waals surface area contributed by atoms with Crippen molar-refractivity contribution < 1.29 is 4.79 Å². The number of ketones is 1. The molecule has 1 aliphatic rings. The second kappa shape index (κ2) is 3.52. The van der Waals surface area contributed by atoms with Crippen LogP contribution in [-0.4, -0.2) is 18.4 Å². The molecule has 0 radical (unpaired) electrons. The smallest absolute Gasteiger partial charge is 0.172 e. The molecule has 1 saturated heterocycles. The average Bonchev–Trinajstić information content (AvgIpc) is 2.38. The minimum Gasteiger partial charge on any atom is -0.307 e. The Morgan fingerprint density at radius 3 is 3.00 bits per heavy atom. The molecule has 0 spiro atoms. The summed E-state index contributed by atoms with van der Waals surface area (Å²) < 4.78 is 0. The summed E-state index contributed by atoms with van der Waals surface area (Å²) in [7, 11) is 0. The quantitative estimate of drug-likeness (QED) is 0.575. The molecule has 10 heavy (non-hydrogen) atoms. The van der Waals surface area contributed by atoms with E-state index in [9.17, 15) is 4.79 Å². The summed E-state index contributed by atoms with van der Waals surface area (Å²) in [5, 5.41) is 3.14. The standard InChI is InChI=1S/C8H13NO/c1-2-4-8(10)7-5-3-6-9-7/h2,4,7,9H,3,5-6H2,1H3. The maximum atomic E-state index is 11.1. The Hall–Kier alpha value is -0.630. The highest BCUT2D eigenvalue weighted by molar-refractivity contribution is 5.94. The van der Waals surface area contributed by atoms with E-state index in [1.165, 1.54) is 0 Å². The minimum absolute atomic E-state index is 0.108. The van der Waals surface area contributed by atoms with Gasteiger partial charge in [0.1, 0.15) is 0 Å². The Bertz CT molecular complexity index is 145. The van der Waals surface area contributed by atoms with Crippen LogP contribution in [0.5, 0.6) is 0 Å². The van der Waals surface area contributed by atoms with Gasteiger partial charge in [-0.1, -0.05) is 6.08 Å². The van der Waals surface area contributed by atoms with Crippen LogP contribution in [0.3, 0.4) is 0 Å². The molecule has 0 aromatic rings. The van der Waals surface area contributed by atoms with Gasteiger partial charge in [-0.25, -0.2) is 0 Å². The van der Waals surface area contributed by atoms with Gasteiger partial charge in [-0.3, -0.25) is 4.79 Å². The first-order valence-corrected chi connectivity index (χ1v) is 3.74. The molecular formula is C8H13NO. The van der Waals surface area contributed by atoms with Crippen LogP contribution >= 0.6 is 0 Å². The molecule has 0 amide bonds. The fourth-order valence-corrected chi connectivity index (χ4v) is 1.21. The molecule has 1 rings (SSSR count). The van der Waals surface area contributed by atoms with E-state index in [0.717, 1.165) is 19.4 Å². The van der Waals surface area contributed by atoms with Gasteiger partial charge in [-0.2, -0.15) is 0 Å². The minimum atomic E-state index is 0.108. The molecule has 1 N–H and O–H groups in total. The predicted molar refractivity (Wildman–Crippen MR) is 40.8 cm³/mol. The number of rotatable bonds is 2. The van der Waals surface area contributed by atoms with Crippen molar-refractivity contribution in [3.8, 4) is 0 Å². The van der Waals surface area contributed by atoms with E-state index in [1.807, 2.05) is 6.92 Å². The molecule has 0 aromatic heterocycles. The molecule has 1 unspecified atom stereocenters. The van der Waals surface area contributed by atoms with Gasteiger partial charge in [0.05, 0.1) is 6.04 Å². The van der Waals surface area contributed by atoms with Crippen molar-refractivity contribution >= 4 is 5.78 Å². The highest BCUT2D eigenvalue weighted by Gasteiger charge is 2.18. The molecule has 1 atom stereocenters. The van der Waals surface area contributed by atoms with Gasteiger partial charge in [0, 0.05) is 0 Å². The van der Waals surface area contributed by atoms with Crippen molar-refractivity contribution in [3.63, 3.8) is 0 Å². The van der Waals surface area contributed by atoms with Crippen LogP contribution < -0.4 is 5.32 Å². The zero-order valence-electron chi connectivity index (χ0n) is 6.26. The molecule has 0 aromatic carbocycles. The van der Waals surface area contributed by atoms with E-state index in [0.29, 0.717) is 0 Å². The summed E-state index contributed by atoms with van der Waals surface area (Å²) >= 11 is 0. The molecule has 0 saturated carbocycles. The highest BCUT2D eigenvalue weighted by Crippen LogP contribution is 2.05. The first-order chi connectivity index (χ1) is 4.84. The Balaban J connectivity index is 2.40. The topological polar surface area (TPSA) is 29.1 Å². The molecular weight excluding hydrogens is 126 g/mol. The van der Waals surface area contributed by atoms with Crippen LogP contribution in [0.2, 0.25) is 0 Å². The molecule has 1 heterocycles. The largest absolute Gasteiger partial charge is 0.307 e. The summed E-state index contributed by atoms with van der Waals surface area (Å²) in [5.74, 6) is 0.222. The molecule has 1 aliphatic heterocycles. The van der Waals surface area contributed by atoms with E-state index in [4.69, 9.17) is 0 Å². The third-order valence-electron chi connectivity index (χ3n) is 1.73. The normalized spacial score (nSPS) is 25.9. The van der Waals surface area contributed by atoms with Gasteiger partial charge in [-0.15, -0.1) is 0 Å². The van der Waals surface area contributed by atoms with E-state index in [-0.39, 0.29) is 11.8 Å². The first kappa shape index (κ1) is 7.48. The molecule has 0 aliphatic carbocycles. The van der Waals surface area contributed by atoms with Crippen LogP contribution in [0, 0.1) is 0 Å². The first-order valence-electron chi connectivity index (χ1n) is 3.74. The number of nitrogens with one attached hydrogen (secondary N) is 1. The summed E-state index contributed by atoms with van der Waals surface area (Å²) in [4.78, 5) is 11.1. The van der Waals surface area contributed by atoms with Gasteiger partial charge in [0.2, 0.25) is 0 Å². The van der Waals surface area contributed by atoms with Crippen molar-refractivity contribution in [1.82, 2.24) is 5.32 Å². The van der Waals surface area contributed by atoms with Crippen LogP contribution in [0.1, 0.15) is 19.8 Å². The van der Waals surface area contributed by atoms with Crippen LogP contribution in [0.15, 0.2) is 12.2 Å². The molecule has 1 fully saturated rings. The fraction of sp³-hybridized carbons (Fsp3) is 0.625. The Morgan fingerprint density at radius 1 is 1.70 bits per heavy atom. The highest BCUT2D eigenvalue weighted by atomic mass is 16.1. The Morgan fingerprint density at radius 2 is 2.50 bits per heavy atom. The Labute approximate surface area is 61.3 Å². The lowest BCUT2D eigenvalue weighted by Crippen LogP contribution is -2.29. The van der Waals surface area contributed by atoms with Crippen molar-refractivity contribution in [2.24, 2.45) is 0 Å². The van der Waals surface area contributed by atoms with E-state index in [1.54, 1.807) is 12.2 Å². The van der Waals surface area contributed by atoms with Crippen LogP contribution in [0.4, 0.5) is 0 Å². The van der Waals surface area contributed by atoms with Crippen molar-refractivity contribution in [3.05, 3.63) is 12.2 Å². The third-order valence-corrected chi connectivity index (χ3v) is 1.73. The fourth-order valence-electron chi connectivity index (χ4n) is 1.21. The molecule has 56 valence electrons. The zero-order chi connectivity index (χ0) is 7.40. The van der Waals surface area contributed by atoms with Crippen LogP contribution in [-0.2, 0) is 4.79 Å². The van der Waals surface area contributed by atoms with Crippen molar-refractivity contribution in [2.45, 2.75) is 25.8 Å². The van der Waals surface area contributed by atoms with E-state index >= 15 is 0 Å². The monoisotopic (exact) mass is 139 g/mol. The zero-order valence-corrected chi connectivity index (χ0v) is 6.26. The van der Waals surface area contributed by atoms with Gasteiger partial charge >= 0.3 is 0 Å². The van der Waals surface area contributed by atoms with E-state index < -0.39 is 0 Å². The summed E-state index contributed by atoms with van der Waals surface area (Å²) in [6, 6.07) is 0.108. The molecule has 2 heteroatoms. The average molecular weight is 139 g/mol. The number of hydrogen-bond donors (Lipinski definition) is 1. The molecule has 2 nitrogen and oxygen atoms in total. The lowest BCUT2D eigenvalue weighted by atomic mass is 10.1. The number of hydrogen-bond acceptors (Lipinski definition) is 2.